The number of carbonyl (C=O) groups is 1. The molecule has 0 aromatic heterocycles. The van der Waals surface area contributed by atoms with Crippen LogP contribution in [0.25, 0.3) is 0 Å². The topological polar surface area (TPSA) is 37.3 Å². The van der Waals surface area contributed by atoms with Gasteiger partial charge in [0.05, 0.1) is 0 Å². The Balaban J connectivity index is 3.33. The Hall–Kier alpha value is -1.57. The van der Waals surface area contributed by atoms with E-state index in [2.05, 4.69) is 43.4 Å². The Bertz CT molecular complexity index is 414. The summed E-state index contributed by atoms with van der Waals surface area (Å²) in [5.74, 6) is -0.799. The number of allylic oxidation sites excluding steroid dienone is 7. The highest BCUT2D eigenvalue weighted by Gasteiger charge is 1.97. The van der Waals surface area contributed by atoms with Crippen LogP contribution >= 0.6 is 0 Å². The lowest BCUT2D eigenvalue weighted by atomic mass is 10.1. The molecule has 2 heteroatoms. The smallest absolute Gasteiger partial charge is 0.330 e. The average molecular weight is 333 g/mol. The minimum atomic E-state index is -0.799. The number of carboxylic acids is 1. The minimum Gasteiger partial charge on any atom is -0.478 e. The zero-order valence-corrected chi connectivity index (χ0v) is 15.7. The summed E-state index contributed by atoms with van der Waals surface area (Å²) >= 11 is 0. The van der Waals surface area contributed by atoms with Gasteiger partial charge < -0.3 is 5.11 Å². The molecule has 0 heterocycles. The predicted octanol–water partition coefficient (Wildman–Crippen LogP) is 7.00. The molecule has 0 aromatic rings. The molecule has 0 saturated heterocycles. The van der Waals surface area contributed by atoms with E-state index in [1.54, 1.807) is 6.92 Å². The van der Waals surface area contributed by atoms with Crippen molar-refractivity contribution in [3.05, 3.63) is 48.1 Å². The van der Waals surface area contributed by atoms with Gasteiger partial charge in [0.25, 0.3) is 0 Å². The predicted molar refractivity (Wildman–Crippen MR) is 105 cm³/mol. The van der Waals surface area contributed by atoms with Crippen LogP contribution < -0.4 is 0 Å². The molecule has 0 saturated carbocycles. The summed E-state index contributed by atoms with van der Waals surface area (Å²) in [6.07, 6.45) is 28.0. The Morgan fingerprint density at radius 3 is 1.83 bits per heavy atom. The highest BCUT2D eigenvalue weighted by Crippen LogP contribution is 2.10. The maximum absolute atomic E-state index is 10.6. The van der Waals surface area contributed by atoms with Crippen molar-refractivity contribution in [1.82, 2.24) is 0 Å². The molecule has 0 spiro atoms. The molecule has 0 atom stereocenters. The first-order valence-electron chi connectivity index (χ1n) is 9.53. The molecule has 1 N–H and O–H groups in total. The average Bonchev–Trinajstić information content (AvgIpc) is 2.57. The van der Waals surface area contributed by atoms with E-state index in [1.165, 1.54) is 38.5 Å². The second kappa shape index (κ2) is 17.8. The van der Waals surface area contributed by atoms with Gasteiger partial charge in [0, 0.05) is 5.57 Å². The van der Waals surface area contributed by atoms with Crippen LogP contribution in [0.3, 0.4) is 0 Å². The van der Waals surface area contributed by atoms with Crippen molar-refractivity contribution in [2.75, 3.05) is 0 Å². The molecule has 0 aromatic carbocycles. The van der Waals surface area contributed by atoms with Gasteiger partial charge in [-0.3, -0.25) is 0 Å². The summed E-state index contributed by atoms with van der Waals surface area (Å²) in [6, 6.07) is 0. The molecule has 0 unspecified atom stereocenters. The van der Waals surface area contributed by atoms with Crippen molar-refractivity contribution >= 4 is 5.97 Å². The van der Waals surface area contributed by atoms with Gasteiger partial charge in [-0.2, -0.15) is 0 Å². The lowest BCUT2D eigenvalue weighted by molar-refractivity contribution is -0.132. The maximum atomic E-state index is 10.6. The number of carboxylic acid groups (broad SMARTS) is 1. The molecular formula is C22H36O2. The van der Waals surface area contributed by atoms with Gasteiger partial charge in [-0.1, -0.05) is 75.1 Å². The van der Waals surface area contributed by atoms with Gasteiger partial charge in [-0.15, -0.1) is 0 Å². The summed E-state index contributed by atoms with van der Waals surface area (Å²) in [5.41, 5.74) is 0.467. The number of aliphatic carboxylic acids is 1. The van der Waals surface area contributed by atoms with Crippen molar-refractivity contribution in [3.63, 3.8) is 0 Å². The molecule has 0 amide bonds. The quantitative estimate of drug-likeness (QED) is 0.199. The van der Waals surface area contributed by atoms with Crippen LogP contribution in [0, 0.1) is 0 Å². The summed E-state index contributed by atoms with van der Waals surface area (Å²) in [7, 11) is 0. The van der Waals surface area contributed by atoms with Gasteiger partial charge in [-0.25, -0.2) is 4.79 Å². The van der Waals surface area contributed by atoms with Crippen LogP contribution in [0.4, 0.5) is 0 Å². The molecule has 24 heavy (non-hydrogen) atoms. The third-order valence-electron chi connectivity index (χ3n) is 3.89. The first-order chi connectivity index (χ1) is 11.7. The number of hydrogen-bond donors (Lipinski definition) is 1. The van der Waals surface area contributed by atoms with E-state index in [4.69, 9.17) is 5.11 Å². The lowest BCUT2D eigenvalue weighted by Gasteiger charge is -2.00. The second-order valence-electron chi connectivity index (χ2n) is 6.18. The fourth-order valence-corrected chi connectivity index (χ4v) is 2.35. The van der Waals surface area contributed by atoms with E-state index in [0.29, 0.717) is 5.57 Å². The van der Waals surface area contributed by atoms with Crippen LogP contribution in [0.5, 0.6) is 0 Å². The van der Waals surface area contributed by atoms with Gasteiger partial charge in [-0.05, 0) is 51.9 Å². The third-order valence-corrected chi connectivity index (χ3v) is 3.89. The number of hydrogen-bond acceptors (Lipinski definition) is 1. The molecule has 0 radical (unpaired) electrons. The van der Waals surface area contributed by atoms with Crippen molar-refractivity contribution < 1.29 is 9.90 Å². The van der Waals surface area contributed by atoms with Crippen LogP contribution in [-0.2, 0) is 4.79 Å². The van der Waals surface area contributed by atoms with E-state index in [9.17, 15) is 4.79 Å². The number of unbranched alkanes of at least 4 members (excludes halogenated alkanes) is 7. The molecule has 0 aliphatic carbocycles. The molecule has 0 fully saturated rings. The molecule has 2 nitrogen and oxygen atoms in total. The van der Waals surface area contributed by atoms with Gasteiger partial charge >= 0.3 is 5.97 Å². The van der Waals surface area contributed by atoms with Crippen molar-refractivity contribution in [2.24, 2.45) is 0 Å². The summed E-state index contributed by atoms with van der Waals surface area (Å²) in [5, 5.41) is 8.74. The van der Waals surface area contributed by atoms with E-state index in [1.807, 2.05) is 6.08 Å². The van der Waals surface area contributed by atoms with Crippen LogP contribution in [0.2, 0.25) is 0 Å². The Morgan fingerprint density at radius 1 is 0.750 bits per heavy atom. The first-order valence-corrected chi connectivity index (χ1v) is 9.53. The minimum absolute atomic E-state index is 0.467. The van der Waals surface area contributed by atoms with Gasteiger partial charge in [0.2, 0.25) is 0 Å². The molecule has 0 aliphatic rings. The van der Waals surface area contributed by atoms with Crippen LogP contribution in [0.15, 0.2) is 48.1 Å². The largest absolute Gasteiger partial charge is 0.478 e. The van der Waals surface area contributed by atoms with Crippen LogP contribution in [0.1, 0.15) is 84.5 Å². The summed E-state index contributed by atoms with van der Waals surface area (Å²) in [4.78, 5) is 10.6. The van der Waals surface area contributed by atoms with Crippen molar-refractivity contribution in [3.8, 4) is 0 Å². The molecule has 136 valence electrons. The summed E-state index contributed by atoms with van der Waals surface area (Å²) < 4.78 is 0. The molecule has 0 bridgehead atoms. The highest BCUT2D eigenvalue weighted by molar-refractivity contribution is 5.85. The van der Waals surface area contributed by atoms with E-state index in [0.717, 1.165) is 32.1 Å². The molecule has 0 rings (SSSR count). The fourth-order valence-electron chi connectivity index (χ4n) is 2.35. The maximum Gasteiger partial charge on any atom is 0.330 e. The normalized spacial score (nSPS) is 12.8. The third kappa shape index (κ3) is 16.8. The monoisotopic (exact) mass is 332 g/mol. The fraction of sp³-hybridized carbons (Fsp3) is 0.591. The van der Waals surface area contributed by atoms with E-state index >= 15 is 0 Å². The van der Waals surface area contributed by atoms with Crippen molar-refractivity contribution in [2.45, 2.75) is 84.5 Å². The second-order valence-corrected chi connectivity index (χ2v) is 6.18. The molecular weight excluding hydrogens is 296 g/mol. The Kier molecular flexibility index (Phi) is 16.6. The molecule has 0 aliphatic heterocycles. The van der Waals surface area contributed by atoms with Crippen molar-refractivity contribution in [1.29, 1.82) is 0 Å². The van der Waals surface area contributed by atoms with E-state index in [-0.39, 0.29) is 0 Å². The SMILES string of the molecule is CC/C=C\C/C=C\C/C=C\CCCCCCCC/C=C(\C)C(=O)O. The Morgan fingerprint density at radius 2 is 1.25 bits per heavy atom. The zero-order chi connectivity index (χ0) is 17.9. The van der Waals surface area contributed by atoms with Gasteiger partial charge in [0.1, 0.15) is 0 Å². The van der Waals surface area contributed by atoms with Gasteiger partial charge in [0.15, 0.2) is 0 Å². The standard InChI is InChI=1S/C22H36O2/c1-3-4-5-6-7-8-9-10-11-12-13-14-15-16-17-18-19-20-21(2)22(23)24/h4-5,7-8,10-11,20H,3,6,9,12-19H2,1-2H3,(H,23,24)/b5-4-,8-7-,11-10-,21-20+. The Labute approximate surface area is 149 Å². The lowest BCUT2D eigenvalue weighted by Crippen LogP contribution is -1.95. The first kappa shape index (κ1) is 22.4. The zero-order valence-electron chi connectivity index (χ0n) is 15.7. The highest BCUT2D eigenvalue weighted by atomic mass is 16.4. The van der Waals surface area contributed by atoms with Crippen LogP contribution in [-0.4, -0.2) is 11.1 Å². The number of rotatable bonds is 15. The summed E-state index contributed by atoms with van der Waals surface area (Å²) in [6.45, 7) is 3.82. The van der Waals surface area contributed by atoms with E-state index < -0.39 is 5.97 Å².